The maximum atomic E-state index is 4.48. The van der Waals surface area contributed by atoms with Gasteiger partial charge in [0.25, 0.3) is 0 Å². The lowest BCUT2D eigenvalue weighted by molar-refractivity contribution is 0.776. The zero-order chi connectivity index (χ0) is 12.3. The number of hydrogen-bond acceptors (Lipinski definition) is 5. The van der Waals surface area contributed by atoms with Crippen molar-refractivity contribution in [3.05, 3.63) is 28.2 Å². The van der Waals surface area contributed by atoms with E-state index in [2.05, 4.69) is 52.3 Å². The molecular formula is C12H17N3S2. The van der Waals surface area contributed by atoms with Gasteiger partial charge in [0.2, 0.25) is 5.13 Å². The van der Waals surface area contributed by atoms with Crippen molar-refractivity contribution in [3.8, 4) is 0 Å². The number of rotatable bonds is 5. The van der Waals surface area contributed by atoms with Gasteiger partial charge in [0.15, 0.2) is 0 Å². The third kappa shape index (κ3) is 3.51. The van der Waals surface area contributed by atoms with Crippen molar-refractivity contribution in [2.45, 2.75) is 39.2 Å². The molecule has 3 nitrogen and oxygen atoms in total. The summed E-state index contributed by atoms with van der Waals surface area (Å²) in [5, 5.41) is 8.64. The van der Waals surface area contributed by atoms with Gasteiger partial charge in [0.1, 0.15) is 5.82 Å². The third-order valence-electron chi connectivity index (χ3n) is 2.45. The highest BCUT2D eigenvalue weighted by atomic mass is 32.1. The molecule has 0 fully saturated rings. The second-order valence-corrected chi connectivity index (χ2v) is 6.03. The summed E-state index contributed by atoms with van der Waals surface area (Å²) in [6.07, 6.45) is 1.03. The zero-order valence-electron chi connectivity index (χ0n) is 10.3. The van der Waals surface area contributed by atoms with Gasteiger partial charge in [-0.2, -0.15) is 15.7 Å². The summed E-state index contributed by atoms with van der Waals surface area (Å²) in [6, 6.07) is 2.56. The standard InChI is InChI=1S/C12H17N3S2/c1-8(2)11-14-12(17-15-11)13-9(3)6-10-4-5-16-7-10/h4-5,7-9H,6H2,1-3H3,(H,13,14,15). The second kappa shape index (κ2) is 5.60. The van der Waals surface area contributed by atoms with Crippen LogP contribution in [0.4, 0.5) is 5.13 Å². The van der Waals surface area contributed by atoms with Crippen molar-refractivity contribution in [2.24, 2.45) is 0 Å². The number of aromatic nitrogens is 2. The molecule has 2 heterocycles. The van der Waals surface area contributed by atoms with Crippen molar-refractivity contribution >= 4 is 28.0 Å². The van der Waals surface area contributed by atoms with Gasteiger partial charge in [-0.3, -0.25) is 0 Å². The van der Waals surface area contributed by atoms with E-state index < -0.39 is 0 Å². The van der Waals surface area contributed by atoms with Crippen molar-refractivity contribution in [3.63, 3.8) is 0 Å². The van der Waals surface area contributed by atoms with E-state index in [4.69, 9.17) is 0 Å². The highest BCUT2D eigenvalue weighted by Gasteiger charge is 2.10. The highest BCUT2D eigenvalue weighted by Crippen LogP contribution is 2.19. The van der Waals surface area contributed by atoms with Crippen molar-refractivity contribution in [1.82, 2.24) is 9.36 Å². The Morgan fingerprint density at radius 2 is 2.18 bits per heavy atom. The van der Waals surface area contributed by atoms with Crippen LogP contribution in [0.1, 0.15) is 38.1 Å². The fraction of sp³-hybridized carbons (Fsp3) is 0.500. The van der Waals surface area contributed by atoms with E-state index in [0.717, 1.165) is 17.4 Å². The number of nitrogens with one attached hydrogen (secondary N) is 1. The number of hydrogen-bond donors (Lipinski definition) is 1. The first-order valence-corrected chi connectivity index (χ1v) is 7.48. The molecule has 1 unspecified atom stereocenters. The van der Waals surface area contributed by atoms with Crippen molar-refractivity contribution in [1.29, 1.82) is 0 Å². The van der Waals surface area contributed by atoms with Crippen LogP contribution >= 0.6 is 22.9 Å². The first-order valence-electron chi connectivity index (χ1n) is 5.76. The Labute approximate surface area is 110 Å². The second-order valence-electron chi connectivity index (χ2n) is 4.49. The van der Waals surface area contributed by atoms with Gasteiger partial charge in [0.05, 0.1) is 0 Å². The molecule has 0 aliphatic rings. The number of nitrogens with zero attached hydrogens (tertiary/aromatic N) is 2. The van der Waals surface area contributed by atoms with E-state index in [-0.39, 0.29) is 0 Å². The molecule has 0 spiro atoms. The largest absolute Gasteiger partial charge is 0.357 e. The summed E-state index contributed by atoms with van der Waals surface area (Å²) in [5.41, 5.74) is 1.38. The molecule has 0 saturated heterocycles. The van der Waals surface area contributed by atoms with Crippen LogP contribution in [0, 0.1) is 0 Å². The maximum Gasteiger partial charge on any atom is 0.202 e. The summed E-state index contributed by atoms with van der Waals surface area (Å²) in [7, 11) is 0. The van der Waals surface area contributed by atoms with Crippen LogP contribution in [0.25, 0.3) is 0 Å². The Morgan fingerprint density at radius 1 is 1.35 bits per heavy atom. The first-order chi connectivity index (χ1) is 8.15. The summed E-state index contributed by atoms with van der Waals surface area (Å²) < 4.78 is 4.34. The van der Waals surface area contributed by atoms with Crippen LogP contribution in [0.2, 0.25) is 0 Å². The predicted octanol–water partition coefficient (Wildman–Crippen LogP) is 3.77. The SMILES string of the molecule is CC(Cc1ccsc1)Nc1nc(C(C)C)ns1. The fourth-order valence-corrected chi connectivity index (χ4v) is 3.05. The van der Waals surface area contributed by atoms with Crippen LogP contribution in [0.5, 0.6) is 0 Å². The molecule has 17 heavy (non-hydrogen) atoms. The van der Waals surface area contributed by atoms with Crippen molar-refractivity contribution in [2.75, 3.05) is 5.32 Å². The van der Waals surface area contributed by atoms with E-state index in [1.165, 1.54) is 17.1 Å². The van der Waals surface area contributed by atoms with Gasteiger partial charge in [-0.1, -0.05) is 13.8 Å². The van der Waals surface area contributed by atoms with E-state index in [9.17, 15) is 0 Å². The topological polar surface area (TPSA) is 37.8 Å². The summed E-state index contributed by atoms with van der Waals surface area (Å²) >= 11 is 3.19. The smallest absolute Gasteiger partial charge is 0.202 e. The van der Waals surface area contributed by atoms with Crippen molar-refractivity contribution < 1.29 is 0 Å². The fourth-order valence-electron chi connectivity index (χ4n) is 1.55. The molecule has 0 saturated carbocycles. The molecule has 0 aliphatic heterocycles. The molecule has 0 bridgehead atoms. The minimum Gasteiger partial charge on any atom is -0.357 e. The molecule has 1 N–H and O–H groups in total. The Balaban J connectivity index is 1.91. The monoisotopic (exact) mass is 267 g/mol. The predicted molar refractivity (Wildman–Crippen MR) is 75.1 cm³/mol. The van der Waals surface area contributed by atoms with E-state index in [1.807, 2.05) is 0 Å². The van der Waals surface area contributed by atoms with E-state index in [1.54, 1.807) is 11.3 Å². The molecule has 5 heteroatoms. The van der Waals surface area contributed by atoms with Gasteiger partial charge >= 0.3 is 0 Å². The van der Waals surface area contributed by atoms with Crippen LogP contribution in [0.15, 0.2) is 16.8 Å². The quantitative estimate of drug-likeness (QED) is 0.896. The van der Waals surface area contributed by atoms with Crippen LogP contribution in [0.3, 0.4) is 0 Å². The summed E-state index contributed by atoms with van der Waals surface area (Å²) in [6.45, 7) is 6.40. The lowest BCUT2D eigenvalue weighted by Gasteiger charge is -2.11. The Bertz CT molecular complexity index is 448. The Morgan fingerprint density at radius 3 is 2.76 bits per heavy atom. The molecule has 0 radical (unpaired) electrons. The number of thiophene rings is 1. The van der Waals surface area contributed by atoms with Gasteiger partial charge in [0, 0.05) is 23.5 Å². The minimum absolute atomic E-state index is 0.387. The van der Waals surface area contributed by atoms with Gasteiger partial charge < -0.3 is 5.32 Å². The normalized spacial score (nSPS) is 12.9. The van der Waals surface area contributed by atoms with Gasteiger partial charge in [-0.15, -0.1) is 0 Å². The molecule has 0 amide bonds. The minimum atomic E-state index is 0.387. The Hall–Kier alpha value is -0.940. The Kier molecular flexibility index (Phi) is 4.12. The van der Waals surface area contributed by atoms with E-state index in [0.29, 0.717) is 12.0 Å². The third-order valence-corrected chi connectivity index (χ3v) is 3.84. The van der Waals surface area contributed by atoms with Gasteiger partial charge in [-0.05, 0) is 35.7 Å². The van der Waals surface area contributed by atoms with Gasteiger partial charge in [-0.25, -0.2) is 4.98 Å². The maximum absolute atomic E-state index is 4.48. The molecule has 2 aromatic rings. The lowest BCUT2D eigenvalue weighted by atomic mass is 10.1. The average molecular weight is 267 g/mol. The first kappa shape index (κ1) is 12.5. The molecule has 2 rings (SSSR count). The van der Waals surface area contributed by atoms with E-state index >= 15 is 0 Å². The summed E-state index contributed by atoms with van der Waals surface area (Å²) in [5.74, 6) is 1.33. The molecule has 2 aromatic heterocycles. The lowest BCUT2D eigenvalue weighted by Crippen LogP contribution is -2.17. The highest BCUT2D eigenvalue weighted by molar-refractivity contribution is 7.09. The molecule has 0 aliphatic carbocycles. The molecule has 0 aromatic carbocycles. The molecular weight excluding hydrogens is 250 g/mol. The van der Waals surface area contributed by atoms with Crippen LogP contribution < -0.4 is 5.32 Å². The summed E-state index contributed by atoms with van der Waals surface area (Å²) in [4.78, 5) is 4.48. The molecule has 1 atom stereocenters. The van der Waals surface area contributed by atoms with Crippen LogP contribution in [-0.2, 0) is 6.42 Å². The zero-order valence-corrected chi connectivity index (χ0v) is 11.9. The number of anilines is 1. The average Bonchev–Trinajstić information content (AvgIpc) is 2.88. The molecule has 92 valence electrons. The van der Waals surface area contributed by atoms with Crippen LogP contribution in [-0.4, -0.2) is 15.4 Å².